The molecule has 2 aromatic heterocycles. The Hall–Kier alpha value is -2.55. The van der Waals surface area contributed by atoms with Crippen LogP contribution >= 0.6 is 11.8 Å². The number of rotatable bonds is 5. The summed E-state index contributed by atoms with van der Waals surface area (Å²) < 4.78 is 4.95. The molecule has 110 valence electrons. The fourth-order valence-electron chi connectivity index (χ4n) is 1.58. The first-order chi connectivity index (χ1) is 10.0. The molecule has 2 aromatic rings. The minimum absolute atomic E-state index is 0.0857. The zero-order valence-electron chi connectivity index (χ0n) is 11.3. The van der Waals surface area contributed by atoms with E-state index in [1.165, 1.54) is 25.1 Å². The van der Waals surface area contributed by atoms with Gasteiger partial charge >= 0.3 is 0 Å². The van der Waals surface area contributed by atoms with Gasteiger partial charge in [0, 0.05) is 6.07 Å². The van der Waals surface area contributed by atoms with E-state index in [-0.39, 0.29) is 11.4 Å². The van der Waals surface area contributed by atoms with Crippen molar-refractivity contribution < 1.29 is 9.53 Å². The lowest BCUT2D eigenvalue weighted by Gasteiger charge is -2.09. The molecule has 0 spiro atoms. The summed E-state index contributed by atoms with van der Waals surface area (Å²) in [5.74, 6) is -0.331. The number of primary amides is 1. The summed E-state index contributed by atoms with van der Waals surface area (Å²) >= 11 is 1.24. The molecule has 0 unspecified atom stereocenters. The number of hydrogen-bond acceptors (Lipinski definition) is 7. The first kappa shape index (κ1) is 14.9. The van der Waals surface area contributed by atoms with Crippen LogP contribution in [0.3, 0.4) is 0 Å². The molecule has 0 fully saturated rings. The van der Waals surface area contributed by atoms with Crippen molar-refractivity contribution in [2.45, 2.75) is 5.16 Å². The number of carbonyl (C=O) groups excluding carboxylic acids is 1. The largest absolute Gasteiger partial charge is 0.481 e. The molecule has 9 heteroatoms. The van der Waals surface area contributed by atoms with Crippen LogP contribution in [0.15, 0.2) is 28.3 Å². The molecule has 0 atom stereocenters. The zero-order valence-corrected chi connectivity index (χ0v) is 12.2. The number of methoxy groups -OCH3 is 1. The molecule has 2 rings (SSSR count). The number of carbonyl (C=O) groups is 1. The summed E-state index contributed by atoms with van der Waals surface area (Å²) in [5, 5.41) is 3.23. The summed E-state index contributed by atoms with van der Waals surface area (Å²) in [7, 11) is 1.50. The molecule has 1 amide bonds. The minimum Gasteiger partial charge on any atom is -0.481 e. The highest BCUT2D eigenvalue weighted by Gasteiger charge is 2.16. The third-order valence-electron chi connectivity index (χ3n) is 2.55. The van der Waals surface area contributed by atoms with Crippen molar-refractivity contribution in [3.05, 3.63) is 34.2 Å². The highest BCUT2D eigenvalue weighted by Crippen LogP contribution is 2.19. The van der Waals surface area contributed by atoms with Crippen molar-refractivity contribution in [3.63, 3.8) is 0 Å². The third-order valence-corrected chi connectivity index (χ3v) is 3.13. The maximum atomic E-state index is 11.9. The Morgan fingerprint density at radius 3 is 2.76 bits per heavy atom. The van der Waals surface area contributed by atoms with E-state index in [9.17, 15) is 9.59 Å². The van der Waals surface area contributed by atoms with Crippen LogP contribution in [0.2, 0.25) is 0 Å². The number of aromatic nitrogens is 3. The molecular weight excluding hydrogens is 294 g/mol. The molecule has 4 N–H and O–H groups in total. The van der Waals surface area contributed by atoms with Crippen LogP contribution in [-0.2, 0) is 0 Å². The molecule has 8 nitrogen and oxygen atoms in total. The summed E-state index contributed by atoms with van der Waals surface area (Å²) in [5.41, 5.74) is 4.95. The second kappa shape index (κ2) is 6.27. The Kier molecular flexibility index (Phi) is 4.43. The van der Waals surface area contributed by atoms with E-state index in [2.05, 4.69) is 20.3 Å². The van der Waals surface area contributed by atoms with Gasteiger partial charge in [0.15, 0.2) is 11.0 Å². The Morgan fingerprint density at radius 2 is 2.24 bits per heavy atom. The van der Waals surface area contributed by atoms with Crippen LogP contribution < -0.4 is 21.3 Å². The van der Waals surface area contributed by atoms with Crippen molar-refractivity contribution in [2.75, 3.05) is 18.7 Å². The standard InChI is InChI=1S/C12H13N5O3S/c1-20-7-4-3-6(5-14-7)15-10-8(9(13)18)11(19)17-12(16-10)21-2/h3-5H,1-2H3,(H2,13,18)(H2,15,16,17,19). The number of thioether (sulfide) groups is 1. The van der Waals surface area contributed by atoms with Gasteiger partial charge in [-0.3, -0.25) is 9.59 Å². The molecule has 2 heterocycles. The van der Waals surface area contributed by atoms with Crippen LogP contribution in [0.25, 0.3) is 0 Å². The van der Waals surface area contributed by atoms with Gasteiger partial charge in [-0.15, -0.1) is 0 Å². The van der Waals surface area contributed by atoms with Gasteiger partial charge in [-0.25, -0.2) is 9.97 Å². The number of hydrogen-bond donors (Lipinski definition) is 3. The van der Waals surface area contributed by atoms with E-state index >= 15 is 0 Å². The summed E-state index contributed by atoms with van der Waals surface area (Å²) in [6, 6.07) is 3.31. The predicted molar refractivity (Wildman–Crippen MR) is 79.2 cm³/mol. The number of H-pyrrole nitrogens is 1. The number of nitrogens with two attached hydrogens (primary N) is 1. The number of amides is 1. The fourth-order valence-corrected chi connectivity index (χ4v) is 1.96. The Bertz CT molecular complexity index is 714. The van der Waals surface area contributed by atoms with Crippen molar-refractivity contribution in [1.82, 2.24) is 15.0 Å². The minimum atomic E-state index is -0.861. The van der Waals surface area contributed by atoms with Crippen LogP contribution in [0, 0.1) is 0 Å². The van der Waals surface area contributed by atoms with E-state index in [1.54, 1.807) is 18.4 Å². The number of nitrogens with zero attached hydrogens (tertiary/aromatic N) is 2. The van der Waals surface area contributed by atoms with Crippen LogP contribution in [0.1, 0.15) is 10.4 Å². The van der Waals surface area contributed by atoms with E-state index in [0.717, 1.165) is 0 Å². The van der Waals surface area contributed by atoms with Gasteiger partial charge in [-0.1, -0.05) is 11.8 Å². The first-order valence-corrected chi connectivity index (χ1v) is 7.02. The van der Waals surface area contributed by atoms with E-state index in [4.69, 9.17) is 10.5 Å². The lowest BCUT2D eigenvalue weighted by atomic mass is 10.3. The normalized spacial score (nSPS) is 10.2. The Morgan fingerprint density at radius 1 is 1.48 bits per heavy atom. The molecule has 0 saturated heterocycles. The molecule has 0 aromatic carbocycles. The molecule has 0 aliphatic heterocycles. The molecule has 0 radical (unpaired) electrons. The van der Waals surface area contributed by atoms with Crippen molar-refractivity contribution in [3.8, 4) is 5.88 Å². The summed E-state index contributed by atoms with van der Waals surface area (Å²) in [6.07, 6.45) is 3.24. The average molecular weight is 307 g/mol. The number of pyridine rings is 1. The van der Waals surface area contributed by atoms with Crippen molar-refractivity contribution in [1.29, 1.82) is 0 Å². The number of aromatic amines is 1. The average Bonchev–Trinajstić information content (AvgIpc) is 2.47. The Labute approximate surface area is 124 Å². The summed E-state index contributed by atoms with van der Waals surface area (Å²) in [6.45, 7) is 0. The highest BCUT2D eigenvalue weighted by molar-refractivity contribution is 7.98. The number of ether oxygens (including phenoxy) is 1. The molecule has 0 aliphatic rings. The number of nitrogens with one attached hydrogen (secondary N) is 2. The van der Waals surface area contributed by atoms with Gasteiger partial charge in [0.25, 0.3) is 11.5 Å². The van der Waals surface area contributed by atoms with Crippen LogP contribution in [0.5, 0.6) is 5.88 Å². The van der Waals surface area contributed by atoms with E-state index in [0.29, 0.717) is 16.7 Å². The summed E-state index contributed by atoms with van der Waals surface area (Å²) in [4.78, 5) is 33.9. The second-order valence-electron chi connectivity index (χ2n) is 3.88. The van der Waals surface area contributed by atoms with Gasteiger partial charge in [-0.05, 0) is 12.3 Å². The van der Waals surface area contributed by atoms with Gasteiger partial charge in [-0.2, -0.15) is 0 Å². The monoisotopic (exact) mass is 307 g/mol. The van der Waals surface area contributed by atoms with Crippen molar-refractivity contribution >= 4 is 29.2 Å². The molecular formula is C12H13N5O3S. The highest BCUT2D eigenvalue weighted by atomic mass is 32.2. The maximum Gasteiger partial charge on any atom is 0.266 e. The van der Waals surface area contributed by atoms with E-state index in [1.807, 2.05) is 0 Å². The first-order valence-electron chi connectivity index (χ1n) is 5.80. The SMILES string of the molecule is COc1ccc(Nc2nc(SC)[nH]c(=O)c2C(N)=O)cn1. The fraction of sp³-hybridized carbons (Fsp3) is 0.167. The lowest BCUT2D eigenvalue weighted by molar-refractivity contribution is 0.0999. The van der Waals surface area contributed by atoms with Gasteiger partial charge in [0.2, 0.25) is 5.88 Å². The lowest BCUT2D eigenvalue weighted by Crippen LogP contribution is -2.26. The molecule has 0 bridgehead atoms. The van der Waals surface area contributed by atoms with Gasteiger partial charge in [0.1, 0.15) is 5.56 Å². The Balaban J connectivity index is 2.43. The number of anilines is 2. The maximum absolute atomic E-state index is 11.9. The van der Waals surface area contributed by atoms with Crippen LogP contribution in [-0.4, -0.2) is 34.2 Å². The van der Waals surface area contributed by atoms with Gasteiger partial charge < -0.3 is 20.8 Å². The molecule has 0 saturated carbocycles. The topological polar surface area (TPSA) is 123 Å². The zero-order chi connectivity index (χ0) is 15.4. The van der Waals surface area contributed by atoms with E-state index < -0.39 is 11.5 Å². The van der Waals surface area contributed by atoms with Gasteiger partial charge in [0.05, 0.1) is 19.0 Å². The molecule has 21 heavy (non-hydrogen) atoms. The predicted octanol–water partition coefficient (Wildman–Crippen LogP) is 0.738. The quantitative estimate of drug-likeness (QED) is 0.550. The molecule has 0 aliphatic carbocycles. The second-order valence-corrected chi connectivity index (χ2v) is 4.67. The van der Waals surface area contributed by atoms with Crippen LogP contribution in [0.4, 0.5) is 11.5 Å². The smallest absolute Gasteiger partial charge is 0.266 e. The van der Waals surface area contributed by atoms with Crippen molar-refractivity contribution in [2.24, 2.45) is 5.73 Å². The third kappa shape index (κ3) is 3.31.